The van der Waals surface area contributed by atoms with Gasteiger partial charge in [-0.2, -0.15) is 0 Å². The average Bonchev–Trinajstić information content (AvgIpc) is 2.81. The summed E-state index contributed by atoms with van der Waals surface area (Å²) < 4.78 is 19.2. The molecule has 0 saturated carbocycles. The molecule has 3 heterocycles. The minimum Gasteiger partial charge on any atom is -0.507 e. The minimum absolute atomic E-state index is 0.0140. The number of hydrogen-bond donors (Lipinski definition) is 2. The first-order valence-electron chi connectivity index (χ1n) is 12.6. The number of carbonyl (C=O) groups is 1. The van der Waals surface area contributed by atoms with E-state index < -0.39 is 5.97 Å². The fourth-order valence-electron chi connectivity index (χ4n) is 6.15. The van der Waals surface area contributed by atoms with Gasteiger partial charge < -0.3 is 24.4 Å². The van der Waals surface area contributed by atoms with Crippen LogP contribution in [0.2, 0.25) is 0 Å². The molecule has 3 aliphatic heterocycles. The molecule has 0 unspecified atom stereocenters. The van der Waals surface area contributed by atoms with Crippen LogP contribution < -0.4 is 9.47 Å². The van der Waals surface area contributed by atoms with Gasteiger partial charge in [0.2, 0.25) is 0 Å². The number of aryl methyl sites for hydroxylation is 1. The molecule has 2 N–H and O–H groups in total. The third kappa shape index (κ3) is 4.36. The summed E-state index contributed by atoms with van der Waals surface area (Å²) in [5.74, 6) is 0.934. The number of hydrogen-bond acceptors (Lipinski definition) is 6. The number of carboxylic acids is 1. The Kier molecular flexibility index (Phi) is 6.18. The van der Waals surface area contributed by atoms with Crippen LogP contribution in [0, 0.1) is 18.8 Å². The number of fused-ring (bicyclic) bond motifs is 4. The highest BCUT2D eigenvalue weighted by molar-refractivity contribution is 5.91. The highest BCUT2D eigenvalue weighted by Gasteiger charge is 2.51. The highest BCUT2D eigenvalue weighted by Crippen LogP contribution is 2.55. The van der Waals surface area contributed by atoms with Crippen LogP contribution in [0.3, 0.4) is 0 Å². The number of phenols is 1. The van der Waals surface area contributed by atoms with E-state index in [1.165, 1.54) is 0 Å². The van der Waals surface area contributed by atoms with Crippen molar-refractivity contribution in [2.24, 2.45) is 11.8 Å². The van der Waals surface area contributed by atoms with E-state index in [9.17, 15) is 15.0 Å². The number of ether oxygens (including phenoxy) is 3. The summed E-state index contributed by atoms with van der Waals surface area (Å²) in [5.41, 5.74) is 2.16. The van der Waals surface area contributed by atoms with Crippen LogP contribution in [0.15, 0.2) is 30.3 Å². The largest absolute Gasteiger partial charge is 0.507 e. The summed E-state index contributed by atoms with van der Waals surface area (Å²) in [4.78, 5) is 13.9. The summed E-state index contributed by atoms with van der Waals surface area (Å²) in [7, 11) is 0. The summed E-state index contributed by atoms with van der Waals surface area (Å²) in [5, 5.41) is 19.5. The molecule has 2 saturated heterocycles. The Balaban J connectivity index is 1.35. The summed E-state index contributed by atoms with van der Waals surface area (Å²) in [6.45, 7) is 11.0. The SMILES string of the molecule is CCOc1cccc2c1OC(C)(C)[C@@H]1C[C@@H]3CN(Cc4cc(C)c(O)c(C(=O)O)c4)CC[C@H]3O[C@@H]21. The number of rotatable bonds is 5. The van der Waals surface area contributed by atoms with Gasteiger partial charge in [-0.3, -0.25) is 4.90 Å². The second-order valence-corrected chi connectivity index (χ2v) is 10.6. The lowest BCUT2D eigenvalue weighted by Gasteiger charge is -2.53. The summed E-state index contributed by atoms with van der Waals surface area (Å²) in [6, 6.07) is 9.56. The zero-order valence-corrected chi connectivity index (χ0v) is 20.9. The van der Waals surface area contributed by atoms with Crippen LogP contribution in [0.4, 0.5) is 0 Å². The van der Waals surface area contributed by atoms with E-state index in [2.05, 4.69) is 24.8 Å². The standard InChI is InChI=1S/C28H35NO6/c1-5-33-23-8-6-7-19-25-21(28(3,4)35-26(19)23)13-18-15-29(10-9-22(18)34-25)14-17-11-16(2)24(30)20(12-17)27(31)32/h6-8,11-12,18,21-22,25,30H,5,9-10,13-15H2,1-4H3,(H,31,32)/t18-,21-,22-,25+/m1/s1. The Bertz CT molecular complexity index is 1130. The Labute approximate surface area is 206 Å². The lowest BCUT2D eigenvalue weighted by atomic mass is 9.70. The number of likely N-dealkylation sites (tertiary alicyclic amines) is 1. The summed E-state index contributed by atoms with van der Waals surface area (Å²) in [6.07, 6.45) is 2.10. The zero-order valence-electron chi connectivity index (χ0n) is 20.9. The molecule has 35 heavy (non-hydrogen) atoms. The molecule has 2 fully saturated rings. The highest BCUT2D eigenvalue weighted by atomic mass is 16.5. The van der Waals surface area contributed by atoms with Gasteiger partial charge >= 0.3 is 5.97 Å². The topological polar surface area (TPSA) is 88.5 Å². The maximum Gasteiger partial charge on any atom is 0.339 e. The van der Waals surface area contributed by atoms with E-state index >= 15 is 0 Å². The fourth-order valence-corrected chi connectivity index (χ4v) is 6.15. The van der Waals surface area contributed by atoms with Crippen molar-refractivity contribution in [3.05, 3.63) is 52.6 Å². The second-order valence-electron chi connectivity index (χ2n) is 10.6. The Morgan fingerprint density at radius 1 is 1.29 bits per heavy atom. The number of aromatic hydroxyl groups is 1. The van der Waals surface area contributed by atoms with Crippen LogP contribution in [-0.2, 0) is 11.3 Å². The fraction of sp³-hybridized carbons (Fsp3) is 0.536. The molecule has 3 aliphatic rings. The zero-order chi connectivity index (χ0) is 24.9. The van der Waals surface area contributed by atoms with Gasteiger partial charge in [0.05, 0.1) is 18.8 Å². The molecule has 0 aromatic heterocycles. The molecule has 0 amide bonds. The van der Waals surface area contributed by atoms with Crippen molar-refractivity contribution in [3.8, 4) is 17.2 Å². The van der Waals surface area contributed by atoms with Crippen molar-refractivity contribution in [2.75, 3.05) is 19.7 Å². The van der Waals surface area contributed by atoms with Crippen LogP contribution in [0.5, 0.6) is 17.2 Å². The molecule has 0 bridgehead atoms. The average molecular weight is 482 g/mol. The predicted octanol–water partition coefficient (Wildman–Crippen LogP) is 4.94. The van der Waals surface area contributed by atoms with Crippen LogP contribution in [-0.4, -0.2) is 52.5 Å². The third-order valence-electron chi connectivity index (χ3n) is 7.86. The van der Waals surface area contributed by atoms with Crippen LogP contribution in [0.1, 0.15) is 66.8 Å². The molecular formula is C28H35NO6. The maximum atomic E-state index is 11.5. The third-order valence-corrected chi connectivity index (χ3v) is 7.86. The Morgan fingerprint density at radius 3 is 2.83 bits per heavy atom. The van der Waals surface area contributed by atoms with E-state index in [0.717, 1.165) is 48.6 Å². The molecule has 2 aromatic rings. The van der Waals surface area contributed by atoms with Crippen molar-refractivity contribution in [1.29, 1.82) is 0 Å². The molecule has 5 rings (SSSR count). The van der Waals surface area contributed by atoms with E-state index in [1.807, 2.05) is 25.1 Å². The van der Waals surface area contributed by atoms with E-state index in [1.54, 1.807) is 13.0 Å². The molecule has 7 heteroatoms. The van der Waals surface area contributed by atoms with Gasteiger partial charge in [-0.15, -0.1) is 0 Å². The first-order chi connectivity index (χ1) is 16.7. The monoisotopic (exact) mass is 481 g/mol. The van der Waals surface area contributed by atoms with Crippen LogP contribution in [0.25, 0.3) is 0 Å². The van der Waals surface area contributed by atoms with Crippen molar-refractivity contribution in [3.63, 3.8) is 0 Å². The molecule has 0 radical (unpaired) electrons. The molecule has 0 aliphatic carbocycles. The molecular weight excluding hydrogens is 446 g/mol. The molecule has 0 spiro atoms. The van der Waals surface area contributed by atoms with Gasteiger partial charge in [0.1, 0.15) is 16.9 Å². The molecule has 188 valence electrons. The van der Waals surface area contributed by atoms with Gasteiger partial charge in [0, 0.05) is 31.1 Å². The first kappa shape index (κ1) is 23.9. The Morgan fingerprint density at radius 2 is 2.09 bits per heavy atom. The molecule has 7 nitrogen and oxygen atoms in total. The number of carboxylic acid groups (broad SMARTS) is 1. The van der Waals surface area contributed by atoms with E-state index in [-0.39, 0.29) is 35.0 Å². The maximum absolute atomic E-state index is 11.5. The van der Waals surface area contributed by atoms with Crippen molar-refractivity contribution >= 4 is 5.97 Å². The molecule has 2 aromatic carbocycles. The normalized spacial score (nSPS) is 27.2. The van der Waals surface area contributed by atoms with Gasteiger partial charge in [0.15, 0.2) is 11.5 Å². The first-order valence-corrected chi connectivity index (χ1v) is 12.6. The number of aromatic carboxylic acids is 1. The second kappa shape index (κ2) is 9.03. The van der Waals surface area contributed by atoms with Gasteiger partial charge in [0.25, 0.3) is 0 Å². The van der Waals surface area contributed by atoms with Crippen molar-refractivity contribution in [2.45, 2.75) is 64.9 Å². The number of para-hydroxylation sites is 1. The van der Waals surface area contributed by atoms with Gasteiger partial charge in [-0.1, -0.05) is 18.2 Å². The van der Waals surface area contributed by atoms with Crippen molar-refractivity contribution < 1.29 is 29.2 Å². The number of benzene rings is 2. The Hall–Kier alpha value is -2.77. The predicted molar refractivity (Wildman–Crippen MR) is 131 cm³/mol. The number of piperidine rings is 1. The minimum atomic E-state index is -1.11. The van der Waals surface area contributed by atoms with Crippen molar-refractivity contribution in [1.82, 2.24) is 4.90 Å². The van der Waals surface area contributed by atoms with E-state index in [4.69, 9.17) is 14.2 Å². The summed E-state index contributed by atoms with van der Waals surface area (Å²) >= 11 is 0. The smallest absolute Gasteiger partial charge is 0.339 e. The quantitative estimate of drug-likeness (QED) is 0.626. The van der Waals surface area contributed by atoms with Gasteiger partial charge in [-0.05, 0) is 69.7 Å². The molecule has 4 atom stereocenters. The number of nitrogens with zero attached hydrogens (tertiary/aromatic N) is 1. The van der Waals surface area contributed by atoms with Crippen LogP contribution >= 0.6 is 0 Å². The lowest BCUT2D eigenvalue weighted by Crippen LogP contribution is -2.55. The van der Waals surface area contributed by atoms with E-state index in [0.29, 0.717) is 24.6 Å². The van der Waals surface area contributed by atoms with Gasteiger partial charge in [-0.25, -0.2) is 4.79 Å². The lowest BCUT2D eigenvalue weighted by molar-refractivity contribution is -0.188.